The van der Waals surface area contributed by atoms with E-state index in [1.807, 2.05) is 0 Å². The van der Waals surface area contributed by atoms with E-state index >= 15 is 0 Å². The van der Waals surface area contributed by atoms with E-state index in [1.54, 1.807) is 25.1 Å². The molecule has 26 heavy (non-hydrogen) atoms. The number of rotatable bonds is 7. The van der Waals surface area contributed by atoms with Gasteiger partial charge in [-0.05, 0) is 61.6 Å². The molecule has 5 nitrogen and oxygen atoms in total. The molecule has 0 bridgehead atoms. The number of hydrogen-bond acceptors (Lipinski definition) is 3. The second-order valence-electron chi connectivity index (χ2n) is 6.51. The molecule has 0 heterocycles. The second-order valence-corrected chi connectivity index (χ2v) is 8.22. The Morgan fingerprint density at radius 1 is 1.19 bits per heavy atom. The summed E-state index contributed by atoms with van der Waals surface area (Å²) in [6.07, 6.45) is 2.18. The molecule has 0 saturated heterocycles. The monoisotopic (exact) mass is 376 g/mol. The first-order valence-electron chi connectivity index (χ1n) is 8.51. The van der Waals surface area contributed by atoms with Crippen molar-refractivity contribution in [3.05, 3.63) is 65.0 Å². The molecule has 0 atom stereocenters. The molecule has 1 aliphatic rings. The molecule has 0 spiro atoms. The summed E-state index contributed by atoms with van der Waals surface area (Å²) in [5.74, 6) is -0.659. The first-order valence-corrected chi connectivity index (χ1v) is 9.99. The van der Waals surface area contributed by atoms with Crippen LogP contribution < -0.4 is 10.0 Å². The van der Waals surface area contributed by atoms with Gasteiger partial charge in [0.2, 0.25) is 10.0 Å². The maximum absolute atomic E-state index is 13.2. The van der Waals surface area contributed by atoms with Gasteiger partial charge in [0.1, 0.15) is 5.82 Å². The van der Waals surface area contributed by atoms with E-state index in [2.05, 4.69) is 10.0 Å². The number of nitrogens with one attached hydrogen (secondary N) is 2. The number of aryl methyl sites for hydroxylation is 1. The topological polar surface area (TPSA) is 75.3 Å². The van der Waals surface area contributed by atoms with E-state index in [-0.39, 0.29) is 22.7 Å². The normalized spacial score (nSPS) is 14.2. The van der Waals surface area contributed by atoms with E-state index in [0.29, 0.717) is 24.1 Å². The molecule has 1 aliphatic carbocycles. The Balaban J connectivity index is 1.67. The molecular formula is C19H21FN2O3S. The highest BCUT2D eigenvalue weighted by atomic mass is 32.2. The van der Waals surface area contributed by atoms with Crippen molar-refractivity contribution in [2.75, 3.05) is 6.54 Å². The fourth-order valence-electron chi connectivity index (χ4n) is 2.61. The van der Waals surface area contributed by atoms with Gasteiger partial charge in [-0.3, -0.25) is 4.79 Å². The SMILES string of the molecule is Cc1ccc(S(=O)(=O)NC2CC2)cc1C(=O)NCCc1cccc(F)c1. The molecule has 3 rings (SSSR count). The molecule has 2 N–H and O–H groups in total. The third-order valence-electron chi connectivity index (χ3n) is 4.25. The number of halogens is 1. The second kappa shape index (κ2) is 7.55. The molecule has 7 heteroatoms. The summed E-state index contributed by atoms with van der Waals surface area (Å²) in [4.78, 5) is 12.5. The van der Waals surface area contributed by atoms with Gasteiger partial charge >= 0.3 is 0 Å². The molecule has 1 fully saturated rings. The van der Waals surface area contributed by atoms with Crippen molar-refractivity contribution in [2.45, 2.75) is 37.1 Å². The third-order valence-corrected chi connectivity index (χ3v) is 5.77. The maximum Gasteiger partial charge on any atom is 0.251 e. The van der Waals surface area contributed by atoms with Crippen LogP contribution >= 0.6 is 0 Å². The summed E-state index contributed by atoms with van der Waals surface area (Å²) in [7, 11) is -3.61. The van der Waals surface area contributed by atoms with Crippen LogP contribution in [0.5, 0.6) is 0 Å². The van der Waals surface area contributed by atoms with E-state index in [9.17, 15) is 17.6 Å². The van der Waals surface area contributed by atoms with Gasteiger partial charge in [0, 0.05) is 18.2 Å². The minimum atomic E-state index is -3.61. The summed E-state index contributed by atoms with van der Waals surface area (Å²) < 4.78 is 40.4. The molecule has 0 aliphatic heterocycles. The van der Waals surface area contributed by atoms with Gasteiger partial charge in [-0.2, -0.15) is 0 Å². The van der Waals surface area contributed by atoms with E-state index in [1.165, 1.54) is 24.3 Å². The highest BCUT2D eigenvalue weighted by molar-refractivity contribution is 7.89. The van der Waals surface area contributed by atoms with Crippen LogP contribution in [-0.4, -0.2) is 26.9 Å². The highest BCUT2D eigenvalue weighted by Gasteiger charge is 2.28. The molecule has 0 radical (unpaired) electrons. The lowest BCUT2D eigenvalue weighted by Gasteiger charge is -2.11. The zero-order valence-electron chi connectivity index (χ0n) is 14.5. The van der Waals surface area contributed by atoms with Gasteiger partial charge in [0.15, 0.2) is 0 Å². The minimum absolute atomic E-state index is 0.00449. The lowest BCUT2D eigenvalue weighted by Crippen LogP contribution is -2.28. The van der Waals surface area contributed by atoms with Gasteiger partial charge in [-0.15, -0.1) is 0 Å². The first-order chi connectivity index (χ1) is 12.3. The summed E-state index contributed by atoms with van der Waals surface area (Å²) in [5.41, 5.74) is 1.80. The number of carbonyl (C=O) groups excluding carboxylic acids is 1. The largest absolute Gasteiger partial charge is 0.352 e. The van der Waals surface area contributed by atoms with Crippen molar-refractivity contribution in [2.24, 2.45) is 0 Å². The number of hydrogen-bond donors (Lipinski definition) is 2. The molecule has 0 aromatic heterocycles. The number of amides is 1. The molecule has 1 saturated carbocycles. The quantitative estimate of drug-likeness (QED) is 0.780. The standard InChI is InChI=1S/C19H21FN2O3S/c1-13-5-8-17(26(24,25)22-16-6-7-16)12-18(13)19(23)21-10-9-14-3-2-4-15(20)11-14/h2-5,8,11-12,16,22H,6-7,9-10H2,1H3,(H,21,23). The van der Waals surface area contributed by atoms with Crippen LogP contribution in [0.3, 0.4) is 0 Å². The number of carbonyl (C=O) groups is 1. The van der Waals surface area contributed by atoms with Gasteiger partial charge < -0.3 is 5.32 Å². The molecule has 1 amide bonds. The Hall–Kier alpha value is -2.25. The van der Waals surface area contributed by atoms with Crippen LogP contribution in [0.1, 0.15) is 34.3 Å². The Bertz CT molecular complexity index is 924. The minimum Gasteiger partial charge on any atom is -0.352 e. The van der Waals surface area contributed by atoms with Crippen molar-refractivity contribution in [3.8, 4) is 0 Å². The zero-order chi connectivity index (χ0) is 18.7. The van der Waals surface area contributed by atoms with Gasteiger partial charge in [0.05, 0.1) is 4.90 Å². The van der Waals surface area contributed by atoms with Crippen LogP contribution in [-0.2, 0) is 16.4 Å². The fraction of sp³-hybridized carbons (Fsp3) is 0.316. The van der Waals surface area contributed by atoms with Crippen LogP contribution in [0.25, 0.3) is 0 Å². The van der Waals surface area contributed by atoms with Crippen molar-refractivity contribution >= 4 is 15.9 Å². The Kier molecular flexibility index (Phi) is 5.38. The molecular weight excluding hydrogens is 355 g/mol. The van der Waals surface area contributed by atoms with Crippen LogP contribution in [0, 0.1) is 12.7 Å². The molecule has 138 valence electrons. The molecule has 2 aromatic rings. The lowest BCUT2D eigenvalue weighted by molar-refractivity contribution is 0.0953. The van der Waals surface area contributed by atoms with E-state index in [4.69, 9.17) is 0 Å². The highest BCUT2D eigenvalue weighted by Crippen LogP contribution is 2.23. The van der Waals surface area contributed by atoms with E-state index in [0.717, 1.165) is 18.4 Å². The lowest BCUT2D eigenvalue weighted by atomic mass is 10.1. The van der Waals surface area contributed by atoms with Crippen LogP contribution in [0.4, 0.5) is 4.39 Å². The van der Waals surface area contributed by atoms with Gasteiger partial charge in [-0.1, -0.05) is 18.2 Å². The Morgan fingerprint density at radius 3 is 2.65 bits per heavy atom. The summed E-state index contributed by atoms with van der Waals surface area (Å²) in [6.45, 7) is 2.09. The van der Waals surface area contributed by atoms with E-state index < -0.39 is 10.0 Å². The average molecular weight is 376 g/mol. The Morgan fingerprint density at radius 2 is 1.96 bits per heavy atom. The average Bonchev–Trinajstić information content (AvgIpc) is 3.38. The first kappa shape index (κ1) is 18.5. The number of sulfonamides is 1. The predicted octanol–water partition coefficient (Wildman–Crippen LogP) is 2.55. The van der Waals surface area contributed by atoms with Crippen molar-refractivity contribution in [1.82, 2.24) is 10.0 Å². The predicted molar refractivity (Wildman–Crippen MR) is 97.0 cm³/mol. The van der Waals surface area contributed by atoms with Crippen molar-refractivity contribution in [1.29, 1.82) is 0 Å². The maximum atomic E-state index is 13.2. The smallest absolute Gasteiger partial charge is 0.251 e. The van der Waals surface area contributed by atoms with Crippen LogP contribution in [0.2, 0.25) is 0 Å². The number of benzene rings is 2. The van der Waals surface area contributed by atoms with Crippen molar-refractivity contribution < 1.29 is 17.6 Å². The summed E-state index contributed by atoms with van der Waals surface area (Å²) >= 11 is 0. The summed E-state index contributed by atoms with van der Waals surface area (Å²) in [6, 6.07) is 10.7. The van der Waals surface area contributed by atoms with Crippen LogP contribution in [0.15, 0.2) is 47.4 Å². The van der Waals surface area contributed by atoms with Gasteiger partial charge in [0.25, 0.3) is 5.91 Å². The third kappa shape index (κ3) is 4.68. The Labute approximate surface area is 152 Å². The van der Waals surface area contributed by atoms with Crippen molar-refractivity contribution in [3.63, 3.8) is 0 Å². The molecule has 2 aromatic carbocycles. The van der Waals surface area contributed by atoms with Gasteiger partial charge in [-0.25, -0.2) is 17.5 Å². The zero-order valence-corrected chi connectivity index (χ0v) is 15.3. The molecule has 0 unspecified atom stereocenters. The fourth-order valence-corrected chi connectivity index (χ4v) is 3.94. The summed E-state index contributed by atoms with van der Waals surface area (Å²) in [5, 5.41) is 2.76.